The summed E-state index contributed by atoms with van der Waals surface area (Å²) in [6.07, 6.45) is 0. The highest BCUT2D eigenvalue weighted by molar-refractivity contribution is 6.44. The van der Waals surface area contributed by atoms with Gasteiger partial charge in [0, 0.05) is 19.2 Å². The molecule has 2 atom stereocenters. The number of aryl methyl sites for hydroxylation is 1. The Kier molecular flexibility index (Phi) is 5.90. The number of benzene rings is 2. The topological polar surface area (TPSA) is 72.9 Å². The number of amides is 1. The Morgan fingerprint density at radius 3 is 2.39 bits per heavy atom. The van der Waals surface area contributed by atoms with Crippen LogP contribution in [0.5, 0.6) is 5.75 Å². The third-order valence-electron chi connectivity index (χ3n) is 5.06. The Morgan fingerprint density at radius 2 is 1.79 bits per heavy atom. The lowest BCUT2D eigenvalue weighted by Gasteiger charge is -2.27. The summed E-state index contributed by atoms with van der Waals surface area (Å²) >= 11 is 0. The van der Waals surface area contributed by atoms with Crippen molar-refractivity contribution in [3.63, 3.8) is 0 Å². The summed E-state index contributed by atoms with van der Waals surface area (Å²) in [7, 11) is 3.08. The van der Waals surface area contributed by atoms with Gasteiger partial charge >= 0.3 is 0 Å². The van der Waals surface area contributed by atoms with E-state index in [9.17, 15) is 14.4 Å². The van der Waals surface area contributed by atoms with Crippen LogP contribution in [0, 0.1) is 12.8 Å². The first-order valence-corrected chi connectivity index (χ1v) is 9.07. The number of rotatable bonds is 7. The molecule has 0 N–H and O–H groups in total. The van der Waals surface area contributed by atoms with Gasteiger partial charge in [0.25, 0.3) is 5.91 Å². The van der Waals surface area contributed by atoms with Crippen LogP contribution in [0.3, 0.4) is 0 Å². The molecule has 2 aromatic rings. The molecule has 2 unspecified atom stereocenters. The molecule has 1 aliphatic rings. The van der Waals surface area contributed by atoms with Gasteiger partial charge in [-0.2, -0.15) is 0 Å². The summed E-state index contributed by atoms with van der Waals surface area (Å²) in [4.78, 5) is 40.3. The standard InChI is InChI=1S/C22H23NO5/c1-14-13-16(28-3)9-10-17(14)20(24)18-19(15-7-5-4-6-8-15)23(11-12-27-2)22(26)21(18)25/h4-10,13,18-19H,11-12H2,1-3H3. The van der Waals surface area contributed by atoms with Gasteiger partial charge < -0.3 is 14.4 Å². The van der Waals surface area contributed by atoms with Crippen molar-refractivity contribution < 1.29 is 23.9 Å². The van der Waals surface area contributed by atoms with E-state index in [0.29, 0.717) is 16.9 Å². The largest absolute Gasteiger partial charge is 0.497 e. The van der Waals surface area contributed by atoms with Crippen LogP contribution in [0.4, 0.5) is 0 Å². The van der Waals surface area contributed by atoms with Crippen LogP contribution in [0.1, 0.15) is 27.5 Å². The minimum absolute atomic E-state index is 0.242. The molecule has 1 fully saturated rings. The predicted molar refractivity (Wildman–Crippen MR) is 103 cm³/mol. The maximum atomic E-state index is 13.4. The molecule has 0 aliphatic carbocycles. The molecule has 0 bridgehead atoms. The highest BCUT2D eigenvalue weighted by Crippen LogP contribution is 2.38. The van der Waals surface area contributed by atoms with Crippen molar-refractivity contribution in [1.82, 2.24) is 4.90 Å². The van der Waals surface area contributed by atoms with Crippen LogP contribution >= 0.6 is 0 Å². The summed E-state index contributed by atoms with van der Waals surface area (Å²) < 4.78 is 10.3. The number of carbonyl (C=O) groups is 3. The Morgan fingerprint density at radius 1 is 1.07 bits per heavy atom. The molecular weight excluding hydrogens is 358 g/mol. The minimum Gasteiger partial charge on any atom is -0.497 e. The average molecular weight is 381 g/mol. The lowest BCUT2D eigenvalue weighted by Crippen LogP contribution is -2.33. The van der Waals surface area contributed by atoms with E-state index in [0.717, 1.165) is 5.56 Å². The van der Waals surface area contributed by atoms with Crippen molar-refractivity contribution in [1.29, 1.82) is 0 Å². The van der Waals surface area contributed by atoms with Crippen LogP contribution in [0.2, 0.25) is 0 Å². The lowest BCUT2D eigenvalue weighted by atomic mass is 9.85. The number of hydrogen-bond donors (Lipinski definition) is 0. The summed E-state index contributed by atoms with van der Waals surface area (Å²) in [5.41, 5.74) is 1.87. The van der Waals surface area contributed by atoms with E-state index in [1.165, 1.54) is 12.0 Å². The Balaban J connectivity index is 2.04. The molecule has 0 spiro atoms. The second-order valence-electron chi connectivity index (χ2n) is 6.73. The third kappa shape index (κ3) is 3.55. The summed E-state index contributed by atoms with van der Waals surface area (Å²) in [5.74, 6) is -2.13. The third-order valence-corrected chi connectivity index (χ3v) is 5.06. The molecule has 0 aromatic heterocycles. The predicted octanol–water partition coefficient (Wildman–Crippen LogP) is 2.60. The SMILES string of the molecule is COCCN1C(=O)C(=O)C(C(=O)c2ccc(OC)cc2C)C1c1ccccc1. The smallest absolute Gasteiger partial charge is 0.291 e. The van der Waals surface area contributed by atoms with Crippen LogP contribution in [0.15, 0.2) is 48.5 Å². The van der Waals surface area contributed by atoms with Gasteiger partial charge in [0.15, 0.2) is 5.78 Å². The Hall–Kier alpha value is -2.99. The fourth-order valence-electron chi connectivity index (χ4n) is 3.65. The quantitative estimate of drug-likeness (QED) is 0.419. The van der Waals surface area contributed by atoms with Gasteiger partial charge in [0.05, 0.1) is 19.8 Å². The number of hydrogen-bond acceptors (Lipinski definition) is 5. The van der Waals surface area contributed by atoms with Crippen molar-refractivity contribution in [3.8, 4) is 5.75 Å². The second-order valence-corrected chi connectivity index (χ2v) is 6.73. The van der Waals surface area contributed by atoms with Crippen LogP contribution in [-0.2, 0) is 14.3 Å². The molecule has 6 heteroatoms. The normalized spacial score (nSPS) is 19.2. The summed E-state index contributed by atoms with van der Waals surface area (Å²) in [6, 6.07) is 13.6. The Labute approximate surface area is 164 Å². The van der Waals surface area contributed by atoms with Crippen LogP contribution in [-0.4, -0.2) is 49.7 Å². The number of nitrogens with zero attached hydrogens (tertiary/aromatic N) is 1. The summed E-state index contributed by atoms with van der Waals surface area (Å²) in [5, 5.41) is 0. The first-order chi connectivity index (χ1) is 13.5. The number of methoxy groups -OCH3 is 2. The molecule has 1 heterocycles. The van der Waals surface area contributed by atoms with Crippen molar-refractivity contribution in [2.45, 2.75) is 13.0 Å². The molecule has 146 valence electrons. The highest BCUT2D eigenvalue weighted by atomic mass is 16.5. The first-order valence-electron chi connectivity index (χ1n) is 9.07. The maximum Gasteiger partial charge on any atom is 0.291 e. The number of ether oxygens (including phenoxy) is 2. The van der Waals surface area contributed by atoms with E-state index >= 15 is 0 Å². The van der Waals surface area contributed by atoms with Gasteiger partial charge in [-0.1, -0.05) is 30.3 Å². The zero-order chi connectivity index (χ0) is 20.3. The Bertz CT molecular complexity index is 893. The average Bonchev–Trinajstić information content (AvgIpc) is 2.97. The van der Waals surface area contributed by atoms with Gasteiger partial charge in [-0.05, 0) is 36.2 Å². The van der Waals surface area contributed by atoms with E-state index in [1.807, 2.05) is 30.3 Å². The van der Waals surface area contributed by atoms with Gasteiger partial charge in [0.2, 0.25) is 5.78 Å². The zero-order valence-electron chi connectivity index (χ0n) is 16.2. The zero-order valence-corrected chi connectivity index (χ0v) is 16.2. The van der Waals surface area contributed by atoms with Crippen molar-refractivity contribution in [2.75, 3.05) is 27.4 Å². The lowest BCUT2D eigenvalue weighted by molar-refractivity contribution is -0.141. The van der Waals surface area contributed by atoms with Gasteiger partial charge in [-0.25, -0.2) is 0 Å². The monoisotopic (exact) mass is 381 g/mol. The number of likely N-dealkylation sites (tertiary alicyclic amines) is 1. The minimum atomic E-state index is -1.08. The maximum absolute atomic E-state index is 13.4. The molecule has 2 aromatic carbocycles. The second kappa shape index (κ2) is 8.35. The van der Waals surface area contributed by atoms with E-state index in [4.69, 9.17) is 9.47 Å². The molecule has 1 aliphatic heterocycles. The molecular formula is C22H23NO5. The van der Waals surface area contributed by atoms with E-state index < -0.39 is 23.7 Å². The molecule has 1 saturated heterocycles. The van der Waals surface area contributed by atoms with Gasteiger partial charge in [-0.3, -0.25) is 14.4 Å². The molecule has 0 radical (unpaired) electrons. The van der Waals surface area contributed by atoms with E-state index in [-0.39, 0.29) is 18.9 Å². The van der Waals surface area contributed by atoms with Gasteiger partial charge in [0.1, 0.15) is 11.7 Å². The van der Waals surface area contributed by atoms with Crippen molar-refractivity contribution in [2.24, 2.45) is 5.92 Å². The number of ketones is 2. The van der Waals surface area contributed by atoms with E-state index in [1.54, 1.807) is 32.2 Å². The van der Waals surface area contributed by atoms with Crippen molar-refractivity contribution >= 4 is 17.5 Å². The first kappa shape index (κ1) is 19.8. The number of carbonyl (C=O) groups excluding carboxylic acids is 3. The van der Waals surface area contributed by atoms with Crippen LogP contribution in [0.25, 0.3) is 0 Å². The van der Waals surface area contributed by atoms with Crippen molar-refractivity contribution in [3.05, 3.63) is 65.2 Å². The summed E-state index contributed by atoms with van der Waals surface area (Å²) in [6.45, 7) is 2.31. The van der Waals surface area contributed by atoms with Gasteiger partial charge in [-0.15, -0.1) is 0 Å². The molecule has 0 saturated carbocycles. The van der Waals surface area contributed by atoms with E-state index in [2.05, 4.69) is 0 Å². The molecule has 28 heavy (non-hydrogen) atoms. The number of Topliss-reactive ketones (excluding diaryl/α,β-unsaturated/α-hetero) is 2. The molecule has 6 nitrogen and oxygen atoms in total. The molecule has 1 amide bonds. The fourth-order valence-corrected chi connectivity index (χ4v) is 3.65. The highest BCUT2D eigenvalue weighted by Gasteiger charge is 2.51. The molecule has 3 rings (SSSR count). The van der Waals surface area contributed by atoms with Crippen LogP contribution < -0.4 is 4.74 Å². The fraction of sp³-hybridized carbons (Fsp3) is 0.318.